The predicted octanol–water partition coefficient (Wildman–Crippen LogP) is 3.01. The van der Waals surface area contributed by atoms with Crippen LogP contribution in [0.25, 0.3) is 11.3 Å². The molecule has 3 heterocycles. The van der Waals surface area contributed by atoms with Crippen molar-refractivity contribution in [2.24, 2.45) is 0 Å². The topological polar surface area (TPSA) is 95.4 Å². The van der Waals surface area contributed by atoms with Gasteiger partial charge >= 0.3 is 12.3 Å². The number of carbonyl (C=O) groups is 2. The number of hydrogen-bond acceptors (Lipinski definition) is 4. The van der Waals surface area contributed by atoms with E-state index in [0.29, 0.717) is 4.90 Å². The Labute approximate surface area is 166 Å². The molecule has 3 rings (SSSR count). The van der Waals surface area contributed by atoms with Gasteiger partial charge in [-0.1, -0.05) is 0 Å². The van der Waals surface area contributed by atoms with Gasteiger partial charge in [0.25, 0.3) is 0 Å². The molecule has 0 aliphatic carbocycles. The van der Waals surface area contributed by atoms with Crippen LogP contribution in [0.2, 0.25) is 0 Å². The molecule has 12 heteroatoms. The lowest BCUT2D eigenvalue weighted by Crippen LogP contribution is -2.45. The highest BCUT2D eigenvalue weighted by atomic mass is 19.4. The molecular weight excluding hydrogens is 415 g/mol. The van der Waals surface area contributed by atoms with E-state index >= 15 is 0 Å². The highest BCUT2D eigenvalue weighted by Gasteiger charge is 2.39. The lowest BCUT2D eigenvalue weighted by Gasteiger charge is -2.20. The van der Waals surface area contributed by atoms with Crippen molar-refractivity contribution in [3.8, 4) is 11.3 Å². The summed E-state index contributed by atoms with van der Waals surface area (Å²) in [6, 6.07) is 2.96. The number of alkyl halides is 4. The van der Waals surface area contributed by atoms with Crippen LogP contribution in [0.15, 0.2) is 30.5 Å². The SMILES string of the molecule is O=C(NCc1cc(F)nc(-c2ccc(C(F)(F)F)nc2)c1)[C@@H]1C[C@@H](F)CN1C(=O)O. The van der Waals surface area contributed by atoms with E-state index in [1.165, 1.54) is 6.07 Å². The monoisotopic (exact) mass is 430 g/mol. The standard InChI is InChI=1S/C18H15F5N4O3/c19-11-5-13(27(8-11)17(29)30)16(28)25-6-9-3-12(26-15(20)4-9)10-1-2-14(24-7-10)18(21,22)23/h1-4,7,11,13H,5-6,8H2,(H,25,28)(H,29,30)/t11-,13+/m1/s1. The fourth-order valence-electron chi connectivity index (χ4n) is 3.06. The fourth-order valence-corrected chi connectivity index (χ4v) is 3.06. The Bertz CT molecular complexity index is 952. The van der Waals surface area contributed by atoms with Gasteiger partial charge in [-0.3, -0.25) is 14.7 Å². The average molecular weight is 430 g/mol. The largest absolute Gasteiger partial charge is 0.465 e. The molecule has 1 aliphatic heterocycles. The van der Waals surface area contributed by atoms with E-state index < -0.39 is 48.6 Å². The molecule has 2 atom stereocenters. The van der Waals surface area contributed by atoms with Crippen LogP contribution in [0.4, 0.5) is 26.7 Å². The maximum absolute atomic E-state index is 13.9. The zero-order chi connectivity index (χ0) is 22.1. The number of rotatable bonds is 4. The lowest BCUT2D eigenvalue weighted by atomic mass is 10.1. The molecule has 2 N–H and O–H groups in total. The molecule has 30 heavy (non-hydrogen) atoms. The molecule has 0 unspecified atom stereocenters. The molecule has 160 valence electrons. The van der Waals surface area contributed by atoms with E-state index in [4.69, 9.17) is 5.11 Å². The molecule has 1 fully saturated rings. The number of pyridine rings is 2. The second-order valence-corrected chi connectivity index (χ2v) is 6.61. The molecular formula is C18H15F5N4O3. The van der Waals surface area contributed by atoms with Crippen LogP contribution in [-0.4, -0.2) is 50.7 Å². The van der Waals surface area contributed by atoms with Crippen LogP contribution in [0, 0.1) is 5.95 Å². The van der Waals surface area contributed by atoms with Crippen molar-refractivity contribution in [1.29, 1.82) is 0 Å². The minimum absolute atomic E-state index is 0.00248. The number of carboxylic acid groups (broad SMARTS) is 1. The summed E-state index contributed by atoms with van der Waals surface area (Å²) >= 11 is 0. The second-order valence-electron chi connectivity index (χ2n) is 6.61. The number of likely N-dealkylation sites (tertiary alicyclic amines) is 1. The van der Waals surface area contributed by atoms with Crippen molar-refractivity contribution in [3.63, 3.8) is 0 Å². The lowest BCUT2D eigenvalue weighted by molar-refractivity contribution is -0.141. The number of amides is 2. The molecule has 1 saturated heterocycles. The quantitative estimate of drug-likeness (QED) is 0.575. The third-order valence-electron chi connectivity index (χ3n) is 4.47. The molecule has 0 spiro atoms. The number of hydrogen-bond donors (Lipinski definition) is 2. The third kappa shape index (κ3) is 4.81. The zero-order valence-corrected chi connectivity index (χ0v) is 15.2. The van der Waals surface area contributed by atoms with E-state index in [2.05, 4.69) is 15.3 Å². The van der Waals surface area contributed by atoms with E-state index in [-0.39, 0.29) is 29.8 Å². The van der Waals surface area contributed by atoms with Crippen molar-refractivity contribution >= 4 is 12.0 Å². The van der Waals surface area contributed by atoms with E-state index in [9.17, 15) is 31.5 Å². The Morgan fingerprint density at radius 2 is 2.00 bits per heavy atom. The molecule has 0 radical (unpaired) electrons. The molecule has 0 bridgehead atoms. The van der Waals surface area contributed by atoms with Gasteiger partial charge in [-0.05, 0) is 29.8 Å². The predicted molar refractivity (Wildman–Crippen MR) is 92.3 cm³/mol. The average Bonchev–Trinajstić information content (AvgIpc) is 3.07. The van der Waals surface area contributed by atoms with Gasteiger partial charge in [0.1, 0.15) is 17.9 Å². The number of halogens is 5. The number of nitrogens with one attached hydrogen (secondary N) is 1. The smallest absolute Gasteiger partial charge is 0.433 e. The van der Waals surface area contributed by atoms with Crippen LogP contribution in [0.5, 0.6) is 0 Å². The Kier molecular flexibility index (Phi) is 5.85. The maximum atomic E-state index is 13.9. The first-order chi connectivity index (χ1) is 14.0. The van der Waals surface area contributed by atoms with Gasteiger partial charge in [-0.2, -0.15) is 17.6 Å². The van der Waals surface area contributed by atoms with E-state index in [0.717, 1.165) is 24.4 Å². The minimum atomic E-state index is -4.62. The number of carbonyl (C=O) groups excluding carboxylic acids is 1. The van der Waals surface area contributed by atoms with Crippen molar-refractivity contribution in [2.45, 2.75) is 31.4 Å². The Morgan fingerprint density at radius 3 is 2.60 bits per heavy atom. The van der Waals surface area contributed by atoms with Crippen LogP contribution in [-0.2, 0) is 17.5 Å². The molecule has 1 aliphatic rings. The molecule has 2 aromatic heterocycles. The Morgan fingerprint density at radius 1 is 1.27 bits per heavy atom. The fraction of sp³-hybridized carbons (Fsp3) is 0.333. The van der Waals surface area contributed by atoms with Gasteiger partial charge in [-0.25, -0.2) is 14.2 Å². The minimum Gasteiger partial charge on any atom is -0.465 e. The van der Waals surface area contributed by atoms with Crippen LogP contribution >= 0.6 is 0 Å². The zero-order valence-electron chi connectivity index (χ0n) is 15.2. The maximum Gasteiger partial charge on any atom is 0.433 e. The van der Waals surface area contributed by atoms with Crippen LogP contribution in [0.3, 0.4) is 0 Å². The third-order valence-corrected chi connectivity index (χ3v) is 4.47. The van der Waals surface area contributed by atoms with Crippen molar-refractivity contribution in [3.05, 3.63) is 47.7 Å². The molecule has 2 aromatic rings. The first-order valence-corrected chi connectivity index (χ1v) is 8.66. The highest BCUT2D eigenvalue weighted by Crippen LogP contribution is 2.29. The Hall–Kier alpha value is -3.31. The summed E-state index contributed by atoms with van der Waals surface area (Å²) < 4.78 is 65.2. The summed E-state index contributed by atoms with van der Waals surface area (Å²) in [4.78, 5) is 30.9. The summed E-state index contributed by atoms with van der Waals surface area (Å²) in [7, 11) is 0. The Balaban J connectivity index is 1.73. The van der Waals surface area contributed by atoms with Crippen molar-refractivity contribution in [1.82, 2.24) is 20.2 Å². The van der Waals surface area contributed by atoms with Gasteiger partial charge in [0, 0.05) is 24.7 Å². The first-order valence-electron chi connectivity index (χ1n) is 8.66. The number of aromatic nitrogens is 2. The second kappa shape index (κ2) is 8.20. The first kappa shape index (κ1) is 21.4. The molecule has 0 saturated carbocycles. The number of nitrogens with zero attached hydrogens (tertiary/aromatic N) is 3. The summed E-state index contributed by atoms with van der Waals surface area (Å²) in [5.41, 5.74) is -0.760. The van der Waals surface area contributed by atoms with Crippen LogP contribution in [0.1, 0.15) is 17.7 Å². The molecule has 0 aromatic carbocycles. The highest BCUT2D eigenvalue weighted by molar-refractivity contribution is 5.86. The molecule has 7 nitrogen and oxygen atoms in total. The van der Waals surface area contributed by atoms with Crippen molar-refractivity contribution in [2.75, 3.05) is 6.54 Å². The van der Waals surface area contributed by atoms with Gasteiger partial charge in [0.2, 0.25) is 11.9 Å². The van der Waals surface area contributed by atoms with Crippen LogP contribution < -0.4 is 5.32 Å². The van der Waals surface area contributed by atoms with Gasteiger partial charge in [0.15, 0.2) is 0 Å². The van der Waals surface area contributed by atoms with Gasteiger partial charge in [-0.15, -0.1) is 0 Å². The van der Waals surface area contributed by atoms with E-state index in [1.54, 1.807) is 0 Å². The summed E-state index contributed by atoms with van der Waals surface area (Å²) in [5, 5.41) is 11.5. The summed E-state index contributed by atoms with van der Waals surface area (Å²) in [6.45, 7) is -0.636. The van der Waals surface area contributed by atoms with E-state index in [1.807, 2.05) is 0 Å². The van der Waals surface area contributed by atoms with Crippen molar-refractivity contribution < 1.29 is 36.6 Å². The van der Waals surface area contributed by atoms with Gasteiger partial charge < -0.3 is 10.4 Å². The summed E-state index contributed by atoms with van der Waals surface area (Å²) in [5.74, 6) is -1.68. The molecule has 2 amide bonds. The normalized spacial score (nSPS) is 19.0. The van der Waals surface area contributed by atoms with Gasteiger partial charge in [0.05, 0.1) is 12.2 Å². The summed E-state index contributed by atoms with van der Waals surface area (Å²) in [6.07, 6.45) is -6.90.